The Morgan fingerprint density at radius 1 is 1.33 bits per heavy atom. The van der Waals surface area contributed by atoms with Crippen LogP contribution in [0.5, 0.6) is 5.75 Å². The number of fused-ring (bicyclic) bond motifs is 1. The van der Waals surface area contributed by atoms with E-state index in [4.69, 9.17) is 4.74 Å². The molecule has 21 heavy (non-hydrogen) atoms. The molecule has 0 spiro atoms. The monoisotopic (exact) mass is 351 g/mol. The van der Waals surface area contributed by atoms with Crippen LogP contribution in [0.25, 0.3) is 5.69 Å². The van der Waals surface area contributed by atoms with Crippen LogP contribution in [0.15, 0.2) is 32.4 Å². The van der Waals surface area contributed by atoms with E-state index in [1.807, 2.05) is 19.9 Å². The third-order valence-corrected chi connectivity index (χ3v) is 4.22. The number of ether oxygens (including phenoxy) is 1. The third-order valence-electron chi connectivity index (χ3n) is 3.47. The molecule has 2 aromatic rings. The quantitative estimate of drug-likeness (QED) is 0.778. The highest BCUT2D eigenvalue weighted by Crippen LogP contribution is 2.42. The third kappa shape index (κ3) is 2.21. The van der Waals surface area contributed by atoms with Crippen molar-refractivity contribution in [2.24, 2.45) is 7.05 Å². The van der Waals surface area contributed by atoms with Gasteiger partial charge in [-0.2, -0.15) is 9.78 Å². The number of aromatic nitrogens is 3. The number of halogens is 1. The highest BCUT2D eigenvalue weighted by atomic mass is 79.9. The minimum absolute atomic E-state index is 0.342. The Labute approximate surface area is 129 Å². The van der Waals surface area contributed by atoms with Crippen molar-refractivity contribution in [1.82, 2.24) is 14.3 Å². The summed E-state index contributed by atoms with van der Waals surface area (Å²) in [5.41, 5.74) is 0.261. The topological polar surface area (TPSA) is 66.1 Å². The zero-order valence-electron chi connectivity index (χ0n) is 11.9. The molecule has 0 N–H and O–H groups in total. The van der Waals surface area contributed by atoms with Crippen LogP contribution >= 0.6 is 15.9 Å². The molecule has 110 valence electrons. The second-order valence-electron chi connectivity index (χ2n) is 5.65. The average Bonchev–Trinajstić information content (AvgIpc) is 2.74. The first-order chi connectivity index (χ1) is 9.80. The fraction of sp³-hybridized carbons (Fsp3) is 0.357. The van der Waals surface area contributed by atoms with Crippen LogP contribution in [0.1, 0.15) is 19.4 Å². The lowest BCUT2D eigenvalue weighted by molar-refractivity contribution is 0.138. The van der Waals surface area contributed by atoms with E-state index in [2.05, 4.69) is 21.0 Å². The van der Waals surface area contributed by atoms with E-state index in [1.54, 1.807) is 6.07 Å². The second kappa shape index (κ2) is 4.56. The van der Waals surface area contributed by atoms with E-state index in [1.165, 1.54) is 11.7 Å². The SMILES string of the molecule is Cn1c(=O)cnn(-c2ccc(Br)c3c2OC(C)(C)C3)c1=O. The van der Waals surface area contributed by atoms with Crippen molar-refractivity contribution in [3.63, 3.8) is 0 Å². The van der Waals surface area contributed by atoms with Gasteiger partial charge in [-0.3, -0.25) is 9.36 Å². The second-order valence-corrected chi connectivity index (χ2v) is 6.50. The summed E-state index contributed by atoms with van der Waals surface area (Å²) < 4.78 is 9.11. The normalized spacial score (nSPS) is 15.6. The van der Waals surface area contributed by atoms with Gasteiger partial charge in [-0.05, 0) is 26.0 Å². The lowest BCUT2D eigenvalue weighted by atomic mass is 10.0. The van der Waals surface area contributed by atoms with Crippen LogP contribution in [-0.4, -0.2) is 19.9 Å². The summed E-state index contributed by atoms with van der Waals surface area (Å²) in [5.74, 6) is 0.627. The van der Waals surface area contributed by atoms with Crippen molar-refractivity contribution in [2.75, 3.05) is 0 Å². The maximum atomic E-state index is 12.2. The Balaban J connectivity index is 2.28. The summed E-state index contributed by atoms with van der Waals surface area (Å²) in [4.78, 5) is 23.7. The van der Waals surface area contributed by atoms with Gasteiger partial charge in [0.25, 0.3) is 5.56 Å². The molecule has 2 heterocycles. The number of benzene rings is 1. The molecule has 3 rings (SSSR count). The molecular weight excluding hydrogens is 338 g/mol. The van der Waals surface area contributed by atoms with Gasteiger partial charge in [0.1, 0.15) is 23.2 Å². The summed E-state index contributed by atoms with van der Waals surface area (Å²) in [6, 6.07) is 3.61. The summed E-state index contributed by atoms with van der Waals surface area (Å²) >= 11 is 3.51. The van der Waals surface area contributed by atoms with E-state index >= 15 is 0 Å². The molecule has 7 heteroatoms. The van der Waals surface area contributed by atoms with Gasteiger partial charge < -0.3 is 4.74 Å². The van der Waals surface area contributed by atoms with Crippen LogP contribution in [0.4, 0.5) is 0 Å². The van der Waals surface area contributed by atoms with E-state index in [9.17, 15) is 9.59 Å². The lowest BCUT2D eigenvalue weighted by Gasteiger charge is -2.18. The van der Waals surface area contributed by atoms with E-state index in [-0.39, 0.29) is 5.60 Å². The average molecular weight is 352 g/mol. The fourth-order valence-corrected chi connectivity index (χ4v) is 2.87. The largest absolute Gasteiger partial charge is 0.485 e. The van der Waals surface area contributed by atoms with Crippen LogP contribution < -0.4 is 16.0 Å². The summed E-state index contributed by atoms with van der Waals surface area (Å²) in [6.45, 7) is 3.97. The van der Waals surface area contributed by atoms with Gasteiger partial charge in [-0.1, -0.05) is 15.9 Å². The molecule has 0 bridgehead atoms. The van der Waals surface area contributed by atoms with Crippen molar-refractivity contribution in [3.8, 4) is 11.4 Å². The first-order valence-electron chi connectivity index (χ1n) is 6.46. The fourth-order valence-electron chi connectivity index (χ4n) is 2.42. The van der Waals surface area contributed by atoms with Crippen molar-refractivity contribution in [1.29, 1.82) is 0 Å². The Bertz CT molecular complexity index is 852. The molecule has 0 amide bonds. The van der Waals surface area contributed by atoms with Gasteiger partial charge in [0, 0.05) is 23.5 Å². The predicted molar refractivity (Wildman–Crippen MR) is 81.2 cm³/mol. The van der Waals surface area contributed by atoms with Crippen molar-refractivity contribution in [3.05, 3.63) is 49.2 Å². The highest BCUT2D eigenvalue weighted by molar-refractivity contribution is 9.10. The first kappa shape index (κ1) is 14.1. The number of nitrogens with zero attached hydrogens (tertiary/aromatic N) is 3. The van der Waals surface area contributed by atoms with E-state index < -0.39 is 11.2 Å². The molecule has 0 aliphatic carbocycles. The molecule has 1 aliphatic heterocycles. The smallest absolute Gasteiger partial charge is 0.352 e. The van der Waals surface area contributed by atoms with Crippen molar-refractivity contribution < 1.29 is 4.74 Å². The summed E-state index contributed by atoms with van der Waals surface area (Å²) in [5, 5.41) is 3.94. The Kier molecular flexibility index (Phi) is 3.05. The van der Waals surface area contributed by atoms with E-state index in [0.29, 0.717) is 11.4 Å². The molecule has 1 aromatic heterocycles. The summed E-state index contributed by atoms with van der Waals surface area (Å²) in [6.07, 6.45) is 1.85. The zero-order chi connectivity index (χ0) is 15.4. The van der Waals surface area contributed by atoms with E-state index in [0.717, 1.165) is 27.2 Å². The molecule has 1 aromatic carbocycles. The van der Waals surface area contributed by atoms with Gasteiger partial charge in [0.05, 0.1) is 0 Å². The molecule has 0 atom stereocenters. The number of rotatable bonds is 1. The standard InChI is InChI=1S/C14H14BrN3O3/c1-14(2)6-8-9(15)4-5-10(12(8)21-14)18-13(20)17(3)11(19)7-16-18/h4-5,7H,6H2,1-3H3. The van der Waals surface area contributed by atoms with Crippen LogP contribution in [-0.2, 0) is 13.5 Å². The minimum Gasteiger partial charge on any atom is -0.485 e. The molecule has 1 aliphatic rings. The van der Waals surface area contributed by atoms with Gasteiger partial charge in [-0.15, -0.1) is 0 Å². The Morgan fingerprint density at radius 3 is 2.76 bits per heavy atom. The molecule has 6 nitrogen and oxygen atoms in total. The van der Waals surface area contributed by atoms with Crippen LogP contribution in [0.2, 0.25) is 0 Å². The Hall–Kier alpha value is -1.89. The summed E-state index contributed by atoms with van der Waals surface area (Å²) in [7, 11) is 1.42. The predicted octanol–water partition coefficient (Wildman–Crippen LogP) is 1.41. The molecule has 0 saturated heterocycles. The maximum Gasteiger partial charge on any atom is 0.352 e. The highest BCUT2D eigenvalue weighted by Gasteiger charge is 2.34. The van der Waals surface area contributed by atoms with Gasteiger partial charge >= 0.3 is 5.69 Å². The van der Waals surface area contributed by atoms with Crippen molar-refractivity contribution in [2.45, 2.75) is 25.9 Å². The molecule has 0 radical (unpaired) electrons. The van der Waals surface area contributed by atoms with Crippen LogP contribution in [0.3, 0.4) is 0 Å². The minimum atomic E-state index is -0.500. The van der Waals surface area contributed by atoms with Gasteiger partial charge in [-0.25, -0.2) is 4.79 Å². The lowest BCUT2D eigenvalue weighted by Crippen LogP contribution is -2.38. The van der Waals surface area contributed by atoms with Crippen molar-refractivity contribution >= 4 is 15.9 Å². The number of hydrogen-bond donors (Lipinski definition) is 0. The van der Waals surface area contributed by atoms with Crippen LogP contribution in [0, 0.1) is 0 Å². The Morgan fingerprint density at radius 2 is 2.05 bits per heavy atom. The van der Waals surface area contributed by atoms with Gasteiger partial charge in [0.15, 0.2) is 0 Å². The molecule has 0 saturated carbocycles. The zero-order valence-corrected chi connectivity index (χ0v) is 13.5. The molecule has 0 fully saturated rings. The molecular formula is C14H14BrN3O3. The maximum absolute atomic E-state index is 12.2. The molecule has 0 unspecified atom stereocenters. The number of hydrogen-bond acceptors (Lipinski definition) is 4. The first-order valence-corrected chi connectivity index (χ1v) is 7.25. The van der Waals surface area contributed by atoms with Gasteiger partial charge in [0.2, 0.25) is 0 Å².